The molecule has 0 N–H and O–H groups in total. The Balaban J connectivity index is 1.65. The van der Waals surface area contributed by atoms with Gasteiger partial charge in [0, 0.05) is 5.56 Å². The summed E-state index contributed by atoms with van der Waals surface area (Å²) in [6.07, 6.45) is 5.56. The number of nitro groups is 1. The second-order valence-electron chi connectivity index (χ2n) is 5.52. The van der Waals surface area contributed by atoms with Gasteiger partial charge in [-0.15, -0.1) is 0 Å². The van der Waals surface area contributed by atoms with Crippen LogP contribution in [0, 0.1) is 17.0 Å². The minimum Gasteiger partial charge on any atom is -0.460 e. The predicted molar refractivity (Wildman–Crippen MR) is 91.2 cm³/mol. The molecule has 0 aliphatic carbocycles. The van der Waals surface area contributed by atoms with E-state index in [1.807, 2.05) is 19.1 Å². The van der Waals surface area contributed by atoms with E-state index in [4.69, 9.17) is 4.42 Å². The van der Waals surface area contributed by atoms with Crippen LogP contribution in [0.25, 0.3) is 6.08 Å². The van der Waals surface area contributed by atoms with Crippen molar-refractivity contribution in [2.24, 2.45) is 0 Å². The molecule has 0 atom stereocenters. The van der Waals surface area contributed by atoms with E-state index < -0.39 is 4.92 Å². The molecule has 2 aromatic heterocycles. The number of aromatic nitrogens is 2. The fourth-order valence-corrected chi connectivity index (χ4v) is 2.23. The van der Waals surface area contributed by atoms with Crippen molar-refractivity contribution in [3.05, 3.63) is 87.6 Å². The van der Waals surface area contributed by atoms with E-state index >= 15 is 0 Å². The second kappa shape index (κ2) is 6.96. The van der Waals surface area contributed by atoms with Crippen LogP contribution >= 0.6 is 0 Å². The van der Waals surface area contributed by atoms with Gasteiger partial charge in [-0.05, 0) is 31.2 Å². The molecule has 0 aliphatic heterocycles. The lowest BCUT2D eigenvalue weighted by atomic mass is 10.1. The van der Waals surface area contributed by atoms with Crippen molar-refractivity contribution in [2.75, 3.05) is 0 Å². The molecule has 0 bridgehead atoms. The van der Waals surface area contributed by atoms with Crippen molar-refractivity contribution < 1.29 is 14.1 Å². The molecule has 0 aliphatic rings. The zero-order chi connectivity index (χ0) is 17.8. The maximum Gasteiger partial charge on any atom is 0.307 e. The van der Waals surface area contributed by atoms with Crippen LogP contribution in [0.4, 0.5) is 5.69 Å². The van der Waals surface area contributed by atoms with Gasteiger partial charge in [0.15, 0.2) is 5.78 Å². The molecule has 3 aromatic rings. The van der Waals surface area contributed by atoms with Crippen LogP contribution in [0.15, 0.2) is 59.3 Å². The highest BCUT2D eigenvalue weighted by Crippen LogP contribution is 2.14. The predicted octanol–water partition coefficient (Wildman–Crippen LogP) is 3.64. The molecule has 0 fully saturated rings. The first kappa shape index (κ1) is 16.4. The van der Waals surface area contributed by atoms with E-state index in [1.54, 1.807) is 30.3 Å². The van der Waals surface area contributed by atoms with Gasteiger partial charge in [-0.2, -0.15) is 5.10 Å². The number of benzene rings is 1. The highest BCUT2D eigenvalue weighted by Gasteiger charge is 2.10. The molecule has 0 saturated carbocycles. The average molecular weight is 337 g/mol. The molecule has 0 radical (unpaired) electrons. The number of nitrogens with zero attached hydrogens (tertiary/aromatic N) is 3. The monoisotopic (exact) mass is 337 g/mol. The van der Waals surface area contributed by atoms with Crippen molar-refractivity contribution in [1.29, 1.82) is 0 Å². The average Bonchev–Trinajstić information content (AvgIpc) is 3.23. The van der Waals surface area contributed by atoms with Crippen LogP contribution in [0.5, 0.6) is 0 Å². The molecule has 0 saturated heterocycles. The van der Waals surface area contributed by atoms with E-state index in [2.05, 4.69) is 5.10 Å². The maximum atomic E-state index is 12.1. The molecule has 0 spiro atoms. The smallest absolute Gasteiger partial charge is 0.307 e. The van der Waals surface area contributed by atoms with Gasteiger partial charge in [0.2, 0.25) is 0 Å². The molecule has 0 amide bonds. The zero-order valence-electron chi connectivity index (χ0n) is 13.5. The summed E-state index contributed by atoms with van der Waals surface area (Å²) in [5.74, 6) is 0.998. The first-order valence-electron chi connectivity index (χ1n) is 7.56. The highest BCUT2D eigenvalue weighted by molar-refractivity contribution is 6.06. The van der Waals surface area contributed by atoms with Crippen molar-refractivity contribution in [3.8, 4) is 0 Å². The molecule has 126 valence electrons. The van der Waals surface area contributed by atoms with Crippen molar-refractivity contribution in [1.82, 2.24) is 9.78 Å². The molecule has 1 aromatic carbocycles. The van der Waals surface area contributed by atoms with E-state index in [-0.39, 0.29) is 18.0 Å². The zero-order valence-corrected chi connectivity index (χ0v) is 13.5. The van der Waals surface area contributed by atoms with Gasteiger partial charge in [0.05, 0.1) is 11.5 Å². The Morgan fingerprint density at radius 1 is 1.28 bits per heavy atom. The van der Waals surface area contributed by atoms with E-state index in [0.29, 0.717) is 17.1 Å². The third-order valence-electron chi connectivity index (χ3n) is 3.57. The van der Waals surface area contributed by atoms with Crippen LogP contribution in [0.2, 0.25) is 0 Å². The van der Waals surface area contributed by atoms with Gasteiger partial charge in [-0.3, -0.25) is 19.6 Å². The van der Waals surface area contributed by atoms with Gasteiger partial charge >= 0.3 is 5.69 Å². The van der Waals surface area contributed by atoms with Crippen LogP contribution in [0.1, 0.15) is 27.4 Å². The van der Waals surface area contributed by atoms with E-state index in [9.17, 15) is 14.9 Å². The number of hydrogen-bond donors (Lipinski definition) is 0. The van der Waals surface area contributed by atoms with Crippen LogP contribution in [0.3, 0.4) is 0 Å². The Bertz CT molecular complexity index is 935. The fourth-order valence-electron chi connectivity index (χ4n) is 2.23. The summed E-state index contributed by atoms with van der Waals surface area (Å²) in [5.41, 5.74) is 1.63. The summed E-state index contributed by atoms with van der Waals surface area (Å²) in [6.45, 7) is 2.23. The van der Waals surface area contributed by atoms with Crippen LogP contribution in [-0.4, -0.2) is 20.5 Å². The lowest BCUT2D eigenvalue weighted by Crippen LogP contribution is -1.98. The van der Waals surface area contributed by atoms with Gasteiger partial charge in [0.1, 0.15) is 23.9 Å². The number of carbonyl (C=O) groups is 1. The fraction of sp³-hybridized carbons (Fsp3) is 0.111. The largest absolute Gasteiger partial charge is 0.460 e. The van der Waals surface area contributed by atoms with Gasteiger partial charge in [-0.1, -0.05) is 29.8 Å². The topological polar surface area (TPSA) is 91.2 Å². The Hall–Kier alpha value is -3.48. The molecule has 3 rings (SSSR count). The molecule has 2 heterocycles. The normalized spacial score (nSPS) is 11.1. The third-order valence-corrected chi connectivity index (χ3v) is 3.57. The Morgan fingerprint density at radius 2 is 2.04 bits per heavy atom. The van der Waals surface area contributed by atoms with Gasteiger partial charge in [0.25, 0.3) is 0 Å². The Kier molecular flexibility index (Phi) is 4.56. The maximum absolute atomic E-state index is 12.1. The number of aryl methyl sites for hydroxylation is 1. The quantitative estimate of drug-likeness (QED) is 0.296. The number of hydrogen-bond acceptors (Lipinski definition) is 5. The summed E-state index contributed by atoms with van der Waals surface area (Å²) in [4.78, 5) is 22.2. The summed E-state index contributed by atoms with van der Waals surface area (Å²) in [7, 11) is 0. The number of carbonyl (C=O) groups excluding carboxylic acids is 1. The minimum absolute atomic E-state index is 0.0737. The standard InChI is InChI=1S/C18H15N3O4/c1-13-2-4-14(5-3-13)18(22)9-8-16-6-7-17(25-16)12-20-11-15(10-19-20)21(23)24/h2-11H,12H2,1H3/b9-8+. The van der Waals surface area contributed by atoms with Crippen molar-refractivity contribution >= 4 is 17.5 Å². The highest BCUT2D eigenvalue weighted by atomic mass is 16.6. The van der Waals surface area contributed by atoms with Crippen LogP contribution in [-0.2, 0) is 6.54 Å². The molecular formula is C18H15N3O4. The van der Waals surface area contributed by atoms with Gasteiger partial charge in [-0.25, -0.2) is 0 Å². The molecule has 0 unspecified atom stereocenters. The number of ketones is 1. The van der Waals surface area contributed by atoms with Crippen molar-refractivity contribution in [2.45, 2.75) is 13.5 Å². The lowest BCUT2D eigenvalue weighted by Gasteiger charge is -1.97. The first-order valence-corrected chi connectivity index (χ1v) is 7.56. The minimum atomic E-state index is -0.503. The molecule has 25 heavy (non-hydrogen) atoms. The number of rotatable bonds is 6. The molecular weight excluding hydrogens is 322 g/mol. The van der Waals surface area contributed by atoms with Gasteiger partial charge < -0.3 is 4.42 Å². The number of furan rings is 1. The lowest BCUT2D eigenvalue weighted by molar-refractivity contribution is -0.385. The van der Waals surface area contributed by atoms with E-state index in [1.165, 1.54) is 23.2 Å². The van der Waals surface area contributed by atoms with Crippen LogP contribution < -0.4 is 0 Å². The Labute approximate surface area is 143 Å². The second-order valence-corrected chi connectivity index (χ2v) is 5.52. The Morgan fingerprint density at radius 3 is 2.72 bits per heavy atom. The molecule has 7 heteroatoms. The SMILES string of the molecule is Cc1ccc(C(=O)/C=C/c2ccc(Cn3cc([N+](=O)[O-])cn3)o2)cc1. The summed E-state index contributed by atoms with van der Waals surface area (Å²) in [6, 6.07) is 10.8. The summed E-state index contributed by atoms with van der Waals surface area (Å²) >= 11 is 0. The number of allylic oxidation sites excluding steroid dienone is 1. The first-order chi connectivity index (χ1) is 12.0. The summed E-state index contributed by atoms with van der Waals surface area (Å²) in [5, 5.41) is 14.5. The van der Waals surface area contributed by atoms with E-state index in [0.717, 1.165) is 5.56 Å². The molecule has 7 nitrogen and oxygen atoms in total. The third kappa shape index (κ3) is 4.08. The van der Waals surface area contributed by atoms with Crippen molar-refractivity contribution in [3.63, 3.8) is 0 Å². The summed E-state index contributed by atoms with van der Waals surface area (Å²) < 4.78 is 7.01.